The highest BCUT2D eigenvalue weighted by Crippen LogP contribution is 2.30. The van der Waals surface area contributed by atoms with E-state index in [0.717, 1.165) is 12.1 Å². The fourth-order valence-electron chi connectivity index (χ4n) is 3.51. The predicted molar refractivity (Wildman–Crippen MR) is 120 cm³/mol. The van der Waals surface area contributed by atoms with Gasteiger partial charge in [-0.25, -0.2) is 22.2 Å². The Morgan fingerprint density at radius 2 is 1.76 bits per heavy atom. The second-order valence-electron chi connectivity index (χ2n) is 7.34. The molecule has 13 heteroatoms. The third-order valence-corrected chi connectivity index (χ3v) is 8.27. The molecule has 0 spiro atoms. The highest BCUT2D eigenvalue weighted by Gasteiger charge is 2.31. The van der Waals surface area contributed by atoms with E-state index in [1.807, 2.05) is 4.90 Å². The molecule has 2 heterocycles. The molecule has 2 aromatic carbocycles. The average molecular weight is 515 g/mol. The van der Waals surface area contributed by atoms with E-state index in [0.29, 0.717) is 29.5 Å². The van der Waals surface area contributed by atoms with Crippen molar-refractivity contribution < 1.29 is 22.1 Å². The molecule has 0 radical (unpaired) electrons. The number of hydrogen-bond acceptors (Lipinski definition) is 7. The molecule has 8 nitrogen and oxygen atoms in total. The molecule has 0 bridgehead atoms. The van der Waals surface area contributed by atoms with E-state index in [1.165, 1.54) is 39.9 Å². The van der Waals surface area contributed by atoms with E-state index in [1.54, 1.807) is 5.38 Å². The second-order valence-corrected chi connectivity index (χ2v) is 10.5. The first-order valence-corrected chi connectivity index (χ1v) is 12.4. The zero-order chi connectivity index (χ0) is 23.8. The van der Waals surface area contributed by atoms with Gasteiger partial charge in [-0.05, 0) is 29.8 Å². The molecule has 1 aliphatic rings. The Balaban J connectivity index is 1.43. The maximum Gasteiger partial charge on any atom is 0.289 e. The van der Waals surface area contributed by atoms with Gasteiger partial charge in [-0.15, -0.1) is 11.3 Å². The van der Waals surface area contributed by atoms with Crippen molar-refractivity contribution in [3.05, 3.63) is 79.8 Å². The summed E-state index contributed by atoms with van der Waals surface area (Å²) < 4.78 is 54.0. The number of nitro benzene ring substituents is 1. The van der Waals surface area contributed by atoms with Crippen LogP contribution in [0.4, 0.5) is 19.6 Å². The van der Waals surface area contributed by atoms with E-state index >= 15 is 0 Å². The minimum Gasteiger partial charge on any atom is -0.345 e. The predicted octanol–water partition coefficient (Wildman–Crippen LogP) is 4.08. The Bertz CT molecular complexity index is 1290. The lowest BCUT2D eigenvalue weighted by Gasteiger charge is -2.33. The van der Waals surface area contributed by atoms with E-state index in [2.05, 4.69) is 4.98 Å². The standard InChI is InChI=1S/C20H17ClF2N4O4S2/c21-18-2-1-17(11-19(18)27(28)29)33(30,31)26-5-3-25(4-6-26)20-24-16(12-32-20)9-13-7-14(22)10-15(23)8-13/h1-2,7-8,10-12H,3-6,9H2. The largest absolute Gasteiger partial charge is 0.345 e. The molecule has 1 aliphatic heterocycles. The number of nitro groups is 1. The van der Waals surface area contributed by atoms with Gasteiger partial charge in [-0.3, -0.25) is 10.1 Å². The molecule has 0 amide bonds. The average Bonchev–Trinajstić information content (AvgIpc) is 3.21. The summed E-state index contributed by atoms with van der Waals surface area (Å²) in [5.74, 6) is -1.30. The Morgan fingerprint density at radius 3 is 2.39 bits per heavy atom. The summed E-state index contributed by atoms with van der Waals surface area (Å²) in [7, 11) is -3.93. The molecule has 4 rings (SSSR count). The van der Waals surface area contributed by atoms with Crippen molar-refractivity contribution in [2.75, 3.05) is 31.1 Å². The molecule has 0 unspecified atom stereocenters. The summed E-state index contributed by atoms with van der Waals surface area (Å²) in [5.41, 5.74) is 0.658. The van der Waals surface area contributed by atoms with E-state index < -0.39 is 32.3 Å². The lowest BCUT2D eigenvalue weighted by atomic mass is 10.1. The second kappa shape index (κ2) is 9.29. The van der Waals surface area contributed by atoms with Crippen molar-refractivity contribution in [2.45, 2.75) is 11.3 Å². The van der Waals surface area contributed by atoms with Gasteiger partial charge in [0, 0.05) is 50.1 Å². The maximum atomic E-state index is 13.4. The summed E-state index contributed by atoms with van der Waals surface area (Å²) in [6.07, 6.45) is 0.273. The summed E-state index contributed by atoms with van der Waals surface area (Å²) in [4.78, 5) is 16.6. The molecule has 0 atom stereocenters. The molecular formula is C20H17ClF2N4O4S2. The van der Waals surface area contributed by atoms with Crippen molar-refractivity contribution in [3.63, 3.8) is 0 Å². The monoisotopic (exact) mass is 514 g/mol. The molecule has 33 heavy (non-hydrogen) atoms. The molecule has 1 aromatic heterocycles. The minimum atomic E-state index is -3.93. The molecule has 0 saturated carbocycles. The summed E-state index contributed by atoms with van der Waals surface area (Å²) in [5, 5.41) is 13.4. The van der Waals surface area contributed by atoms with Gasteiger partial charge >= 0.3 is 0 Å². The fraction of sp³-hybridized carbons (Fsp3) is 0.250. The van der Waals surface area contributed by atoms with Crippen LogP contribution in [0.15, 0.2) is 46.7 Å². The molecule has 1 saturated heterocycles. The smallest absolute Gasteiger partial charge is 0.289 e. The normalized spacial score (nSPS) is 15.1. The Morgan fingerprint density at radius 1 is 1.09 bits per heavy atom. The number of sulfonamides is 1. The number of thiazole rings is 1. The van der Waals surface area contributed by atoms with Crippen molar-refractivity contribution >= 4 is 43.8 Å². The molecule has 0 aliphatic carbocycles. The van der Waals surface area contributed by atoms with Crippen LogP contribution in [-0.4, -0.2) is 48.8 Å². The van der Waals surface area contributed by atoms with Crippen molar-refractivity contribution in [2.24, 2.45) is 0 Å². The SMILES string of the molecule is O=[N+]([O-])c1cc(S(=O)(=O)N2CCN(c3nc(Cc4cc(F)cc(F)c4)cs3)CC2)ccc1Cl. The molecular weight excluding hydrogens is 498 g/mol. The van der Waals surface area contributed by atoms with Crippen LogP contribution in [0.3, 0.4) is 0 Å². The van der Waals surface area contributed by atoms with Crippen molar-refractivity contribution in [3.8, 4) is 0 Å². The molecule has 1 fully saturated rings. The van der Waals surface area contributed by atoms with Gasteiger partial charge in [-0.1, -0.05) is 11.6 Å². The number of halogens is 3. The Labute approximate surface area is 197 Å². The van der Waals surface area contributed by atoms with E-state index in [4.69, 9.17) is 11.6 Å². The number of anilines is 1. The van der Waals surface area contributed by atoms with Gasteiger partial charge in [0.25, 0.3) is 5.69 Å². The van der Waals surface area contributed by atoms with Crippen LogP contribution in [0.1, 0.15) is 11.3 Å². The lowest BCUT2D eigenvalue weighted by molar-refractivity contribution is -0.384. The molecule has 174 valence electrons. The van der Waals surface area contributed by atoms with Crippen LogP contribution in [0.25, 0.3) is 0 Å². The number of rotatable bonds is 6. The zero-order valence-electron chi connectivity index (χ0n) is 16.9. The zero-order valence-corrected chi connectivity index (χ0v) is 19.3. The maximum absolute atomic E-state index is 13.4. The third-order valence-electron chi connectivity index (χ3n) is 5.11. The lowest BCUT2D eigenvalue weighted by Crippen LogP contribution is -2.48. The van der Waals surface area contributed by atoms with Gasteiger partial charge < -0.3 is 4.90 Å². The van der Waals surface area contributed by atoms with Crippen molar-refractivity contribution in [1.29, 1.82) is 0 Å². The number of nitrogens with zero attached hydrogens (tertiary/aromatic N) is 4. The van der Waals surface area contributed by atoms with E-state index in [9.17, 15) is 27.3 Å². The third kappa shape index (κ3) is 5.13. The van der Waals surface area contributed by atoms with E-state index in [-0.39, 0.29) is 29.4 Å². The summed E-state index contributed by atoms with van der Waals surface area (Å²) in [6, 6.07) is 6.74. The fourth-order valence-corrected chi connectivity index (χ4v) is 6.01. The Hall–Kier alpha value is -2.67. The summed E-state index contributed by atoms with van der Waals surface area (Å²) >= 11 is 7.15. The van der Waals surface area contributed by atoms with Crippen LogP contribution < -0.4 is 4.90 Å². The first-order chi connectivity index (χ1) is 15.6. The first-order valence-electron chi connectivity index (χ1n) is 9.72. The van der Waals surface area contributed by atoms with Gasteiger partial charge in [0.2, 0.25) is 10.0 Å². The van der Waals surface area contributed by atoms with Crippen molar-refractivity contribution in [1.82, 2.24) is 9.29 Å². The van der Waals surface area contributed by atoms with Crippen LogP contribution >= 0.6 is 22.9 Å². The highest BCUT2D eigenvalue weighted by atomic mass is 35.5. The summed E-state index contributed by atoms with van der Waals surface area (Å²) in [6.45, 7) is 1.08. The van der Waals surface area contributed by atoms with Gasteiger partial charge in [0.15, 0.2) is 5.13 Å². The topological polar surface area (TPSA) is 96.6 Å². The highest BCUT2D eigenvalue weighted by molar-refractivity contribution is 7.89. The molecule has 0 N–H and O–H groups in total. The van der Waals surface area contributed by atoms with Crippen LogP contribution in [0.2, 0.25) is 5.02 Å². The van der Waals surface area contributed by atoms with Gasteiger partial charge in [0.1, 0.15) is 16.7 Å². The first kappa shape index (κ1) is 23.5. The minimum absolute atomic E-state index is 0.135. The van der Waals surface area contributed by atoms with Crippen LogP contribution in [-0.2, 0) is 16.4 Å². The number of piperazine rings is 1. The van der Waals surface area contributed by atoms with Gasteiger partial charge in [-0.2, -0.15) is 4.31 Å². The Kier molecular flexibility index (Phi) is 6.61. The number of hydrogen-bond donors (Lipinski definition) is 0. The van der Waals surface area contributed by atoms with Crippen LogP contribution in [0.5, 0.6) is 0 Å². The van der Waals surface area contributed by atoms with Crippen LogP contribution in [0, 0.1) is 21.7 Å². The van der Waals surface area contributed by atoms with Gasteiger partial charge in [0.05, 0.1) is 15.5 Å². The quantitative estimate of drug-likeness (QED) is 0.363. The number of benzene rings is 2. The molecule has 3 aromatic rings. The number of aromatic nitrogens is 1.